The van der Waals surface area contributed by atoms with E-state index in [4.69, 9.17) is 5.11 Å². The maximum Gasteiger partial charge on any atom is 0.305 e. The molecule has 0 aliphatic carbocycles. The van der Waals surface area contributed by atoms with Gasteiger partial charge in [-0.05, 0) is 60.7 Å². The second-order valence-corrected chi connectivity index (χ2v) is 6.92. The molecular formula is C22H25FO4. The molecule has 5 heteroatoms. The fourth-order valence-corrected chi connectivity index (χ4v) is 3.10. The number of aryl methyl sites for hydroxylation is 3. The number of halogens is 1. The maximum absolute atomic E-state index is 13.6. The zero-order valence-corrected chi connectivity index (χ0v) is 15.7. The molecular weight excluding hydrogens is 347 g/mol. The standard InChI is InChI=1S/C22H25FO4/c1-13-8-14(2)19(6-5-17(24)11-18(25)12-22(26)27)20(9-13)16-4-7-21(23)15(3)10-16/h4-10,17-18,24-25H,11-12H2,1-3H3,(H,26,27)/b6-5+/t17-,18-/m1/s1. The molecule has 27 heavy (non-hydrogen) atoms. The summed E-state index contributed by atoms with van der Waals surface area (Å²) in [5, 5.41) is 28.4. The van der Waals surface area contributed by atoms with Crippen LogP contribution in [0.2, 0.25) is 0 Å². The molecule has 3 N–H and O–H groups in total. The number of hydrogen-bond donors (Lipinski definition) is 3. The average molecular weight is 372 g/mol. The second-order valence-electron chi connectivity index (χ2n) is 6.92. The highest BCUT2D eigenvalue weighted by molar-refractivity contribution is 5.78. The van der Waals surface area contributed by atoms with Crippen molar-refractivity contribution in [1.29, 1.82) is 0 Å². The zero-order valence-electron chi connectivity index (χ0n) is 15.7. The van der Waals surface area contributed by atoms with Gasteiger partial charge in [0.05, 0.1) is 18.6 Å². The van der Waals surface area contributed by atoms with Crippen molar-refractivity contribution in [2.45, 2.75) is 45.8 Å². The number of aliphatic carboxylic acids is 1. The van der Waals surface area contributed by atoms with Crippen LogP contribution in [0.5, 0.6) is 0 Å². The Bertz CT molecular complexity index is 858. The Balaban J connectivity index is 2.33. The van der Waals surface area contributed by atoms with Crippen LogP contribution in [-0.4, -0.2) is 33.5 Å². The third kappa shape index (κ3) is 5.74. The Morgan fingerprint density at radius 2 is 1.81 bits per heavy atom. The van der Waals surface area contributed by atoms with Gasteiger partial charge >= 0.3 is 5.97 Å². The fraction of sp³-hybridized carbons (Fsp3) is 0.318. The number of carboxylic acids is 1. The van der Waals surface area contributed by atoms with E-state index in [1.165, 1.54) is 6.07 Å². The smallest absolute Gasteiger partial charge is 0.305 e. The van der Waals surface area contributed by atoms with E-state index in [0.29, 0.717) is 5.56 Å². The molecule has 4 nitrogen and oxygen atoms in total. The summed E-state index contributed by atoms with van der Waals surface area (Å²) in [7, 11) is 0. The van der Waals surface area contributed by atoms with Crippen LogP contribution in [0, 0.1) is 26.6 Å². The summed E-state index contributed by atoms with van der Waals surface area (Å²) < 4.78 is 13.6. The van der Waals surface area contributed by atoms with E-state index in [1.807, 2.05) is 26.0 Å². The summed E-state index contributed by atoms with van der Waals surface area (Å²) in [6.45, 7) is 5.65. The highest BCUT2D eigenvalue weighted by Gasteiger charge is 2.14. The van der Waals surface area contributed by atoms with Crippen molar-refractivity contribution in [1.82, 2.24) is 0 Å². The van der Waals surface area contributed by atoms with E-state index in [9.17, 15) is 19.4 Å². The lowest BCUT2D eigenvalue weighted by molar-refractivity contribution is -0.139. The summed E-state index contributed by atoms with van der Waals surface area (Å²) >= 11 is 0. The van der Waals surface area contributed by atoms with Crippen molar-refractivity contribution in [3.05, 3.63) is 64.5 Å². The molecule has 0 fully saturated rings. The number of hydrogen-bond acceptors (Lipinski definition) is 3. The highest BCUT2D eigenvalue weighted by atomic mass is 19.1. The number of benzene rings is 2. The molecule has 0 bridgehead atoms. The van der Waals surface area contributed by atoms with E-state index >= 15 is 0 Å². The van der Waals surface area contributed by atoms with Gasteiger partial charge in [0, 0.05) is 6.42 Å². The predicted octanol–water partition coefficient (Wildman–Crippen LogP) is 4.02. The van der Waals surface area contributed by atoms with Crippen LogP contribution in [0.25, 0.3) is 17.2 Å². The van der Waals surface area contributed by atoms with Gasteiger partial charge in [-0.2, -0.15) is 0 Å². The van der Waals surface area contributed by atoms with Gasteiger partial charge in [-0.15, -0.1) is 0 Å². The SMILES string of the molecule is Cc1cc(C)c(/C=C/[C@@H](O)C[C@@H](O)CC(=O)O)c(-c2ccc(F)c(C)c2)c1. The number of aliphatic hydroxyl groups is 2. The van der Waals surface area contributed by atoms with Crippen LogP contribution in [0.4, 0.5) is 4.39 Å². The Morgan fingerprint density at radius 3 is 2.44 bits per heavy atom. The quantitative estimate of drug-likeness (QED) is 0.686. The lowest BCUT2D eigenvalue weighted by atomic mass is 9.92. The zero-order chi connectivity index (χ0) is 20.1. The molecule has 2 atom stereocenters. The first-order valence-corrected chi connectivity index (χ1v) is 8.81. The van der Waals surface area contributed by atoms with E-state index < -0.39 is 24.6 Å². The van der Waals surface area contributed by atoms with Crippen LogP contribution in [-0.2, 0) is 4.79 Å². The number of carbonyl (C=O) groups is 1. The average Bonchev–Trinajstić information content (AvgIpc) is 2.55. The lowest BCUT2D eigenvalue weighted by Crippen LogP contribution is -2.19. The Labute approximate surface area is 158 Å². The van der Waals surface area contributed by atoms with Gasteiger partial charge in [-0.3, -0.25) is 4.79 Å². The van der Waals surface area contributed by atoms with Gasteiger partial charge in [0.25, 0.3) is 0 Å². The van der Waals surface area contributed by atoms with E-state index in [0.717, 1.165) is 27.8 Å². The molecule has 0 saturated heterocycles. The Hall–Kier alpha value is -2.50. The molecule has 0 saturated carbocycles. The normalized spacial score (nSPS) is 13.7. The van der Waals surface area contributed by atoms with Crippen LogP contribution in [0.15, 0.2) is 36.4 Å². The van der Waals surface area contributed by atoms with Gasteiger partial charge in [0.2, 0.25) is 0 Å². The number of aliphatic hydroxyl groups excluding tert-OH is 2. The van der Waals surface area contributed by atoms with Crippen LogP contribution < -0.4 is 0 Å². The van der Waals surface area contributed by atoms with Gasteiger partial charge in [0.1, 0.15) is 5.82 Å². The Morgan fingerprint density at radius 1 is 1.11 bits per heavy atom. The highest BCUT2D eigenvalue weighted by Crippen LogP contribution is 2.30. The molecule has 0 unspecified atom stereocenters. The van der Waals surface area contributed by atoms with Crippen molar-refractivity contribution in [3.8, 4) is 11.1 Å². The lowest BCUT2D eigenvalue weighted by Gasteiger charge is -2.14. The van der Waals surface area contributed by atoms with Crippen molar-refractivity contribution < 1.29 is 24.5 Å². The van der Waals surface area contributed by atoms with Gasteiger partial charge in [-0.1, -0.05) is 35.9 Å². The molecule has 2 rings (SSSR count). The molecule has 0 amide bonds. The van der Waals surface area contributed by atoms with E-state index in [2.05, 4.69) is 0 Å². The third-order valence-electron chi connectivity index (χ3n) is 4.41. The van der Waals surface area contributed by atoms with Crippen LogP contribution in [0.3, 0.4) is 0 Å². The minimum Gasteiger partial charge on any atom is -0.481 e. The molecule has 144 valence electrons. The van der Waals surface area contributed by atoms with E-state index in [1.54, 1.807) is 31.2 Å². The summed E-state index contributed by atoms with van der Waals surface area (Å²) in [6.07, 6.45) is 0.764. The first-order valence-electron chi connectivity index (χ1n) is 8.81. The number of carboxylic acid groups (broad SMARTS) is 1. The summed E-state index contributed by atoms with van der Waals surface area (Å²) in [4.78, 5) is 10.6. The fourth-order valence-electron chi connectivity index (χ4n) is 3.10. The summed E-state index contributed by atoms with van der Waals surface area (Å²) in [5.74, 6) is -1.37. The van der Waals surface area contributed by atoms with Crippen molar-refractivity contribution in [2.24, 2.45) is 0 Å². The molecule has 2 aromatic rings. The van der Waals surface area contributed by atoms with Crippen molar-refractivity contribution in [2.75, 3.05) is 0 Å². The topological polar surface area (TPSA) is 77.8 Å². The van der Waals surface area contributed by atoms with Crippen molar-refractivity contribution in [3.63, 3.8) is 0 Å². The molecule has 0 aliphatic rings. The molecule has 0 spiro atoms. The molecule has 0 aliphatic heterocycles. The largest absolute Gasteiger partial charge is 0.481 e. The second kappa shape index (κ2) is 8.93. The Kier molecular flexibility index (Phi) is 6.88. The first-order chi connectivity index (χ1) is 12.7. The first kappa shape index (κ1) is 20.8. The van der Waals surface area contributed by atoms with Crippen molar-refractivity contribution >= 4 is 12.0 Å². The summed E-state index contributed by atoms with van der Waals surface area (Å²) in [6, 6.07) is 8.97. The predicted molar refractivity (Wildman–Crippen MR) is 104 cm³/mol. The summed E-state index contributed by atoms with van der Waals surface area (Å²) in [5.41, 5.74) is 5.31. The molecule has 2 aromatic carbocycles. The van der Waals surface area contributed by atoms with Gasteiger partial charge in [0.15, 0.2) is 0 Å². The van der Waals surface area contributed by atoms with E-state index in [-0.39, 0.29) is 12.2 Å². The maximum atomic E-state index is 13.6. The third-order valence-corrected chi connectivity index (χ3v) is 4.41. The van der Waals surface area contributed by atoms with Crippen LogP contribution >= 0.6 is 0 Å². The molecule has 0 radical (unpaired) electrons. The minimum atomic E-state index is -1.11. The molecule has 0 heterocycles. The molecule has 0 aromatic heterocycles. The monoisotopic (exact) mass is 372 g/mol. The van der Waals surface area contributed by atoms with Gasteiger partial charge in [-0.25, -0.2) is 4.39 Å². The minimum absolute atomic E-state index is 0.0568. The van der Waals surface area contributed by atoms with Crippen LogP contribution in [0.1, 0.15) is 35.1 Å². The van der Waals surface area contributed by atoms with Gasteiger partial charge < -0.3 is 15.3 Å². The number of rotatable bonds is 7.